The van der Waals surface area contributed by atoms with Gasteiger partial charge in [0.2, 0.25) is 0 Å². The van der Waals surface area contributed by atoms with E-state index >= 15 is 0 Å². The summed E-state index contributed by atoms with van der Waals surface area (Å²) in [5.41, 5.74) is 0.897. The molecule has 2 aromatic rings. The third kappa shape index (κ3) is 6.10. The lowest BCUT2D eigenvalue weighted by Gasteiger charge is -2.36. The minimum absolute atomic E-state index is 0.226. The Balaban J connectivity index is 1.45. The van der Waals surface area contributed by atoms with Gasteiger partial charge in [0.05, 0.1) is 4.90 Å². The molecule has 2 aromatic carbocycles. The summed E-state index contributed by atoms with van der Waals surface area (Å²) in [6.45, 7) is 1.92. The van der Waals surface area contributed by atoms with Crippen molar-refractivity contribution in [1.29, 1.82) is 0 Å². The Bertz CT molecular complexity index is 883. The summed E-state index contributed by atoms with van der Waals surface area (Å²) < 4.78 is 65.7. The van der Waals surface area contributed by atoms with E-state index in [0.29, 0.717) is 31.1 Å². The SMILES string of the molecule is O=C(COc1ccc(OC(F)(F)F)cc1)N1CCN(c2ccc(S(=O)O)cc2)CC1. The van der Waals surface area contributed by atoms with Gasteiger partial charge in [-0.3, -0.25) is 4.79 Å². The van der Waals surface area contributed by atoms with Crippen molar-refractivity contribution in [1.82, 2.24) is 4.90 Å². The molecule has 1 aliphatic rings. The van der Waals surface area contributed by atoms with Crippen molar-refractivity contribution in [3.8, 4) is 11.5 Å². The van der Waals surface area contributed by atoms with Crippen molar-refractivity contribution in [3.63, 3.8) is 0 Å². The second-order valence-electron chi connectivity index (χ2n) is 6.42. The largest absolute Gasteiger partial charge is 0.573 e. The number of alkyl halides is 3. The number of carbonyl (C=O) groups excluding carboxylic acids is 1. The molecule has 1 aliphatic heterocycles. The topological polar surface area (TPSA) is 79.3 Å². The highest BCUT2D eigenvalue weighted by molar-refractivity contribution is 7.79. The van der Waals surface area contributed by atoms with Crippen molar-refractivity contribution in [2.24, 2.45) is 0 Å². The molecular formula is C19H19F3N2O5S. The van der Waals surface area contributed by atoms with Crippen LogP contribution in [0.4, 0.5) is 18.9 Å². The number of nitrogens with zero attached hydrogens (tertiary/aromatic N) is 2. The molecular weight excluding hydrogens is 425 g/mol. The number of carbonyl (C=O) groups is 1. The molecule has 1 N–H and O–H groups in total. The van der Waals surface area contributed by atoms with Gasteiger partial charge in [-0.05, 0) is 48.5 Å². The van der Waals surface area contributed by atoms with E-state index in [1.165, 1.54) is 12.1 Å². The number of rotatable bonds is 6. The Morgan fingerprint density at radius 1 is 0.967 bits per heavy atom. The first-order valence-corrected chi connectivity index (χ1v) is 10.0. The van der Waals surface area contributed by atoms with Gasteiger partial charge in [-0.1, -0.05) is 0 Å². The van der Waals surface area contributed by atoms with Gasteiger partial charge in [-0.2, -0.15) is 0 Å². The lowest BCUT2D eigenvalue weighted by atomic mass is 10.2. The van der Waals surface area contributed by atoms with Crippen LogP contribution in [0.1, 0.15) is 0 Å². The molecule has 1 unspecified atom stereocenters. The number of halogens is 3. The Morgan fingerprint density at radius 3 is 2.07 bits per heavy atom. The van der Waals surface area contributed by atoms with E-state index in [4.69, 9.17) is 9.29 Å². The van der Waals surface area contributed by atoms with Crippen molar-refractivity contribution in [2.75, 3.05) is 37.7 Å². The number of ether oxygens (including phenoxy) is 2. The predicted molar refractivity (Wildman–Crippen MR) is 103 cm³/mol. The number of hydrogen-bond acceptors (Lipinski definition) is 5. The molecule has 1 atom stereocenters. The summed E-state index contributed by atoms with van der Waals surface area (Å²) in [6, 6.07) is 11.5. The Morgan fingerprint density at radius 2 is 1.53 bits per heavy atom. The Kier molecular flexibility index (Phi) is 6.83. The first kappa shape index (κ1) is 21.9. The van der Waals surface area contributed by atoms with Crippen molar-refractivity contribution in [2.45, 2.75) is 11.3 Å². The van der Waals surface area contributed by atoms with E-state index in [-0.39, 0.29) is 24.0 Å². The molecule has 0 bridgehead atoms. The maximum atomic E-state index is 12.3. The zero-order chi connectivity index (χ0) is 21.7. The zero-order valence-electron chi connectivity index (χ0n) is 15.7. The van der Waals surface area contributed by atoms with E-state index in [1.54, 1.807) is 29.2 Å². The van der Waals surface area contributed by atoms with Gasteiger partial charge in [-0.15, -0.1) is 13.2 Å². The molecule has 1 heterocycles. The first-order valence-electron chi connectivity index (χ1n) is 8.93. The smallest absolute Gasteiger partial charge is 0.484 e. The summed E-state index contributed by atoms with van der Waals surface area (Å²) in [5.74, 6) is -0.329. The zero-order valence-corrected chi connectivity index (χ0v) is 16.5. The first-order chi connectivity index (χ1) is 14.2. The van der Waals surface area contributed by atoms with Crippen LogP contribution in [0.5, 0.6) is 11.5 Å². The quantitative estimate of drug-likeness (QED) is 0.691. The normalized spacial score (nSPS) is 15.6. The monoisotopic (exact) mass is 444 g/mol. The Labute approximate surface area is 173 Å². The lowest BCUT2D eigenvalue weighted by Crippen LogP contribution is -2.50. The van der Waals surface area contributed by atoms with Gasteiger partial charge in [0, 0.05) is 31.9 Å². The molecule has 7 nitrogen and oxygen atoms in total. The summed E-state index contributed by atoms with van der Waals surface area (Å²) in [7, 11) is 0. The maximum absolute atomic E-state index is 12.3. The lowest BCUT2D eigenvalue weighted by molar-refractivity contribution is -0.274. The van der Waals surface area contributed by atoms with Crippen LogP contribution in [-0.4, -0.2) is 58.7 Å². The molecule has 162 valence electrons. The van der Waals surface area contributed by atoms with E-state index in [2.05, 4.69) is 9.64 Å². The van der Waals surface area contributed by atoms with Crippen LogP contribution in [0.2, 0.25) is 0 Å². The fraction of sp³-hybridized carbons (Fsp3) is 0.316. The molecule has 1 saturated heterocycles. The highest BCUT2D eigenvalue weighted by atomic mass is 32.2. The van der Waals surface area contributed by atoms with Crippen LogP contribution < -0.4 is 14.4 Å². The third-order valence-corrected chi connectivity index (χ3v) is 5.13. The number of amides is 1. The predicted octanol–water partition coefficient (Wildman–Crippen LogP) is 2.89. The fourth-order valence-corrected chi connectivity index (χ4v) is 3.33. The fourth-order valence-electron chi connectivity index (χ4n) is 2.96. The second kappa shape index (κ2) is 9.35. The third-order valence-electron chi connectivity index (χ3n) is 4.46. The van der Waals surface area contributed by atoms with Crippen molar-refractivity contribution < 1.29 is 36.2 Å². The Hall–Kier alpha value is -2.79. The molecule has 0 aromatic heterocycles. The standard InChI is InChI=1S/C19H19F3N2O5S/c20-19(21,22)29-16-5-3-15(4-6-16)28-13-18(25)24-11-9-23(10-12-24)14-1-7-17(8-2-14)30(26)27/h1-8H,9-13H2,(H,26,27). The molecule has 30 heavy (non-hydrogen) atoms. The van der Waals surface area contributed by atoms with Gasteiger partial charge >= 0.3 is 6.36 Å². The molecule has 0 spiro atoms. The van der Waals surface area contributed by atoms with Crippen molar-refractivity contribution in [3.05, 3.63) is 48.5 Å². The molecule has 0 radical (unpaired) electrons. The summed E-state index contributed by atoms with van der Waals surface area (Å²) in [5, 5.41) is 0. The summed E-state index contributed by atoms with van der Waals surface area (Å²) >= 11 is -2.02. The van der Waals surface area contributed by atoms with Gasteiger partial charge in [0.25, 0.3) is 5.91 Å². The van der Waals surface area contributed by atoms with E-state index in [1.807, 2.05) is 0 Å². The number of anilines is 1. The number of hydrogen-bond donors (Lipinski definition) is 1. The number of benzene rings is 2. The average molecular weight is 444 g/mol. The van der Waals surface area contributed by atoms with Gasteiger partial charge in [-0.25, -0.2) is 4.21 Å². The summed E-state index contributed by atoms with van der Waals surface area (Å²) in [6.07, 6.45) is -4.76. The van der Waals surface area contributed by atoms with Crippen LogP contribution >= 0.6 is 0 Å². The van der Waals surface area contributed by atoms with Gasteiger partial charge < -0.3 is 23.8 Å². The highest BCUT2D eigenvalue weighted by Gasteiger charge is 2.31. The van der Waals surface area contributed by atoms with Crippen LogP contribution in [0.15, 0.2) is 53.4 Å². The van der Waals surface area contributed by atoms with Crippen LogP contribution in [0.25, 0.3) is 0 Å². The van der Waals surface area contributed by atoms with E-state index in [0.717, 1.165) is 17.8 Å². The van der Waals surface area contributed by atoms with E-state index in [9.17, 15) is 22.2 Å². The summed E-state index contributed by atoms with van der Waals surface area (Å²) in [4.78, 5) is 16.4. The molecule has 11 heteroatoms. The minimum Gasteiger partial charge on any atom is -0.484 e. The molecule has 1 amide bonds. The molecule has 3 rings (SSSR count). The molecule has 0 saturated carbocycles. The molecule has 0 aliphatic carbocycles. The van der Waals surface area contributed by atoms with Gasteiger partial charge in [0.15, 0.2) is 17.7 Å². The number of piperazine rings is 1. The minimum atomic E-state index is -4.76. The van der Waals surface area contributed by atoms with Crippen LogP contribution in [0, 0.1) is 0 Å². The molecule has 1 fully saturated rings. The van der Waals surface area contributed by atoms with Crippen molar-refractivity contribution >= 4 is 22.7 Å². The second-order valence-corrected chi connectivity index (χ2v) is 7.39. The van der Waals surface area contributed by atoms with Gasteiger partial charge in [0.1, 0.15) is 11.5 Å². The van der Waals surface area contributed by atoms with Crippen LogP contribution in [0.3, 0.4) is 0 Å². The van der Waals surface area contributed by atoms with E-state index < -0.39 is 17.4 Å². The maximum Gasteiger partial charge on any atom is 0.573 e. The average Bonchev–Trinajstić information content (AvgIpc) is 2.72. The highest BCUT2D eigenvalue weighted by Crippen LogP contribution is 2.25. The van der Waals surface area contributed by atoms with Crippen LogP contribution in [-0.2, 0) is 15.9 Å².